The van der Waals surface area contributed by atoms with Crippen LogP contribution in [0, 0.1) is 11.6 Å². The summed E-state index contributed by atoms with van der Waals surface area (Å²) in [6.07, 6.45) is 6.14. The highest BCUT2D eigenvalue weighted by molar-refractivity contribution is 5.72. The molecule has 0 spiro atoms. The first-order valence-corrected chi connectivity index (χ1v) is 10.3. The van der Waals surface area contributed by atoms with Crippen LogP contribution in [0.5, 0.6) is 0 Å². The number of oxazole rings is 1. The summed E-state index contributed by atoms with van der Waals surface area (Å²) in [6, 6.07) is 10.7. The second kappa shape index (κ2) is 8.49. The quantitative estimate of drug-likeness (QED) is 0.634. The fourth-order valence-corrected chi connectivity index (χ4v) is 4.48. The molecule has 0 aliphatic heterocycles. The van der Waals surface area contributed by atoms with E-state index >= 15 is 0 Å². The van der Waals surface area contributed by atoms with Crippen molar-refractivity contribution in [2.75, 3.05) is 13.6 Å². The number of nitrogens with one attached hydrogen (secondary N) is 1. The maximum atomic E-state index is 13.3. The number of hydrogen-bond acceptors (Lipinski definition) is 3. The lowest BCUT2D eigenvalue weighted by atomic mass is 9.81. The zero-order chi connectivity index (χ0) is 20.4. The average Bonchev–Trinajstić information content (AvgIpc) is 3.10. The Hall–Kier alpha value is -2.47. The summed E-state index contributed by atoms with van der Waals surface area (Å²) in [5.41, 5.74) is 3.45. The number of benzene rings is 2. The highest BCUT2D eigenvalue weighted by Crippen LogP contribution is 2.35. The molecule has 29 heavy (non-hydrogen) atoms. The van der Waals surface area contributed by atoms with Crippen LogP contribution in [0.4, 0.5) is 8.78 Å². The molecule has 1 aromatic heterocycles. The standard InChI is InChI=1S/C23H26F2N2O2/c1-27(12-2-3-15-4-10-19(24)20(25)13-15)18-8-5-16(6-9-18)17-7-11-21-22(14-17)29-23(28)26-21/h4,7,10-11,13-14,16,18H,2-3,5-6,8-9,12H2,1H3,(H,26,28)/t16-,18-. The molecule has 0 saturated heterocycles. The molecule has 0 bridgehead atoms. The number of aromatic amines is 1. The van der Waals surface area contributed by atoms with Gasteiger partial charge in [0.05, 0.1) is 5.52 Å². The first kappa shape index (κ1) is 19.8. The Kier molecular flexibility index (Phi) is 5.81. The van der Waals surface area contributed by atoms with Gasteiger partial charge in [-0.15, -0.1) is 0 Å². The number of aromatic nitrogens is 1. The molecule has 1 aliphatic rings. The van der Waals surface area contributed by atoms with Gasteiger partial charge in [0.2, 0.25) is 0 Å². The van der Waals surface area contributed by atoms with Gasteiger partial charge in [-0.2, -0.15) is 0 Å². The molecule has 4 nitrogen and oxygen atoms in total. The van der Waals surface area contributed by atoms with Crippen LogP contribution in [0.25, 0.3) is 11.1 Å². The zero-order valence-corrected chi connectivity index (χ0v) is 16.6. The molecule has 1 N–H and O–H groups in total. The largest absolute Gasteiger partial charge is 0.417 e. The van der Waals surface area contributed by atoms with Gasteiger partial charge in [-0.05, 0) is 93.4 Å². The van der Waals surface area contributed by atoms with E-state index in [2.05, 4.69) is 23.0 Å². The Morgan fingerprint density at radius 2 is 1.86 bits per heavy atom. The van der Waals surface area contributed by atoms with Crippen LogP contribution in [0.3, 0.4) is 0 Å². The first-order chi connectivity index (χ1) is 14.0. The first-order valence-electron chi connectivity index (χ1n) is 10.3. The van der Waals surface area contributed by atoms with Gasteiger partial charge in [0.15, 0.2) is 17.2 Å². The minimum absolute atomic E-state index is 0.411. The van der Waals surface area contributed by atoms with E-state index in [1.54, 1.807) is 6.07 Å². The zero-order valence-electron chi connectivity index (χ0n) is 16.6. The molecule has 2 aromatic carbocycles. The maximum absolute atomic E-state index is 13.3. The van der Waals surface area contributed by atoms with Crippen LogP contribution in [0.15, 0.2) is 45.6 Å². The Morgan fingerprint density at radius 3 is 2.62 bits per heavy atom. The van der Waals surface area contributed by atoms with Crippen molar-refractivity contribution in [2.45, 2.75) is 50.5 Å². The third-order valence-corrected chi connectivity index (χ3v) is 6.20. The predicted molar refractivity (Wildman–Crippen MR) is 109 cm³/mol. The van der Waals surface area contributed by atoms with Crippen molar-refractivity contribution >= 4 is 11.1 Å². The topological polar surface area (TPSA) is 49.2 Å². The SMILES string of the molecule is CN(CCCc1ccc(F)c(F)c1)[C@H]1CC[C@H](c2ccc3[nH]c(=O)oc3c2)CC1. The molecule has 0 atom stereocenters. The Balaban J connectivity index is 1.27. The van der Waals surface area contributed by atoms with E-state index in [0.717, 1.165) is 56.1 Å². The molecule has 0 radical (unpaired) electrons. The fourth-order valence-electron chi connectivity index (χ4n) is 4.48. The number of aryl methyl sites for hydroxylation is 1. The lowest BCUT2D eigenvalue weighted by Gasteiger charge is -2.35. The number of fused-ring (bicyclic) bond motifs is 1. The average molecular weight is 400 g/mol. The van der Waals surface area contributed by atoms with Crippen molar-refractivity contribution in [2.24, 2.45) is 0 Å². The highest BCUT2D eigenvalue weighted by Gasteiger charge is 2.25. The summed E-state index contributed by atoms with van der Waals surface area (Å²) in [7, 11) is 2.15. The predicted octanol–water partition coefficient (Wildman–Crippen LogP) is 4.99. The maximum Gasteiger partial charge on any atom is 0.417 e. The van der Waals surface area contributed by atoms with E-state index in [-0.39, 0.29) is 0 Å². The molecule has 1 heterocycles. The Labute approximate surface area is 168 Å². The van der Waals surface area contributed by atoms with Gasteiger partial charge < -0.3 is 9.32 Å². The minimum Gasteiger partial charge on any atom is -0.408 e. The van der Waals surface area contributed by atoms with Crippen molar-refractivity contribution in [1.82, 2.24) is 9.88 Å². The lowest BCUT2D eigenvalue weighted by molar-refractivity contribution is 0.181. The van der Waals surface area contributed by atoms with E-state index in [0.29, 0.717) is 17.5 Å². The van der Waals surface area contributed by atoms with Gasteiger partial charge in [0.25, 0.3) is 0 Å². The van der Waals surface area contributed by atoms with E-state index in [1.165, 1.54) is 17.7 Å². The molecule has 0 unspecified atom stereocenters. The molecule has 154 valence electrons. The molecule has 6 heteroatoms. The van der Waals surface area contributed by atoms with Gasteiger partial charge in [0.1, 0.15) is 0 Å². The molecular weight excluding hydrogens is 374 g/mol. The van der Waals surface area contributed by atoms with Crippen molar-refractivity contribution < 1.29 is 13.2 Å². The molecule has 1 saturated carbocycles. The smallest absolute Gasteiger partial charge is 0.408 e. The van der Waals surface area contributed by atoms with E-state index < -0.39 is 17.4 Å². The fraction of sp³-hybridized carbons (Fsp3) is 0.435. The number of halogens is 2. The summed E-state index contributed by atoms with van der Waals surface area (Å²) in [5, 5.41) is 0. The number of rotatable bonds is 6. The van der Waals surface area contributed by atoms with Crippen LogP contribution in [-0.2, 0) is 6.42 Å². The monoisotopic (exact) mass is 400 g/mol. The molecule has 1 aliphatic carbocycles. The number of nitrogens with zero attached hydrogens (tertiary/aromatic N) is 1. The minimum atomic E-state index is -0.791. The summed E-state index contributed by atoms with van der Waals surface area (Å²) in [4.78, 5) is 16.4. The van der Waals surface area contributed by atoms with E-state index in [4.69, 9.17) is 4.42 Å². The third kappa shape index (κ3) is 4.58. The molecule has 0 amide bonds. The number of H-pyrrole nitrogens is 1. The van der Waals surface area contributed by atoms with Crippen molar-refractivity contribution in [1.29, 1.82) is 0 Å². The third-order valence-electron chi connectivity index (χ3n) is 6.20. The second-order valence-electron chi connectivity index (χ2n) is 8.11. The summed E-state index contributed by atoms with van der Waals surface area (Å²) < 4.78 is 31.5. The van der Waals surface area contributed by atoms with Gasteiger partial charge in [-0.1, -0.05) is 12.1 Å². The number of hydrogen-bond donors (Lipinski definition) is 1. The lowest BCUT2D eigenvalue weighted by Crippen LogP contribution is -2.35. The van der Waals surface area contributed by atoms with Crippen LogP contribution in [0.1, 0.15) is 49.1 Å². The molecule has 1 fully saturated rings. The second-order valence-corrected chi connectivity index (χ2v) is 8.11. The normalized spacial score (nSPS) is 19.9. The van der Waals surface area contributed by atoms with Crippen LogP contribution in [-0.4, -0.2) is 29.5 Å². The van der Waals surface area contributed by atoms with Crippen molar-refractivity contribution in [3.8, 4) is 0 Å². The van der Waals surface area contributed by atoms with Crippen LogP contribution >= 0.6 is 0 Å². The molecule has 3 aromatic rings. The van der Waals surface area contributed by atoms with Gasteiger partial charge >= 0.3 is 5.76 Å². The Morgan fingerprint density at radius 1 is 1.07 bits per heavy atom. The summed E-state index contributed by atoms with van der Waals surface area (Å²) in [6.45, 7) is 0.939. The van der Waals surface area contributed by atoms with E-state index in [1.807, 2.05) is 12.1 Å². The molecule has 4 rings (SSSR count). The van der Waals surface area contributed by atoms with Crippen molar-refractivity contribution in [3.63, 3.8) is 0 Å². The van der Waals surface area contributed by atoms with Gasteiger partial charge in [0, 0.05) is 6.04 Å². The summed E-state index contributed by atoms with van der Waals surface area (Å²) in [5.74, 6) is -1.48. The van der Waals surface area contributed by atoms with E-state index in [9.17, 15) is 13.6 Å². The molecular formula is C23H26F2N2O2. The highest BCUT2D eigenvalue weighted by atomic mass is 19.2. The van der Waals surface area contributed by atoms with Gasteiger partial charge in [-0.3, -0.25) is 4.98 Å². The van der Waals surface area contributed by atoms with Crippen molar-refractivity contribution in [3.05, 3.63) is 69.7 Å². The van der Waals surface area contributed by atoms with Crippen LogP contribution < -0.4 is 5.76 Å². The van der Waals surface area contributed by atoms with Gasteiger partial charge in [-0.25, -0.2) is 13.6 Å². The Bertz CT molecular complexity index is 1030. The van der Waals surface area contributed by atoms with Crippen LogP contribution in [0.2, 0.25) is 0 Å². The summed E-state index contributed by atoms with van der Waals surface area (Å²) >= 11 is 0.